The first kappa shape index (κ1) is 98.4. The fourth-order valence-corrected chi connectivity index (χ4v) is 19.7. The lowest BCUT2D eigenvalue weighted by Gasteiger charge is -2.35. The Labute approximate surface area is 862 Å². The van der Waals surface area contributed by atoms with Crippen molar-refractivity contribution in [3.05, 3.63) is 408 Å². The smallest absolute Gasteiger partial charge is 0.416 e. The van der Waals surface area contributed by atoms with E-state index in [0.717, 1.165) is 135 Å². The van der Waals surface area contributed by atoms with Crippen molar-refractivity contribution < 1.29 is 66.6 Å². The number of aryl methyl sites for hydroxylation is 3. The van der Waals surface area contributed by atoms with Crippen LogP contribution in [0.2, 0.25) is 30.1 Å². The molecule has 0 saturated carbocycles. The van der Waals surface area contributed by atoms with Crippen LogP contribution in [0.4, 0.5) is 23.6 Å². The number of phenolic OH excluding ortho intramolecular Hbond substituents is 1. The van der Waals surface area contributed by atoms with E-state index < -0.39 is 48.3 Å². The number of nitrogens with one attached hydrogen (secondary N) is 4. The van der Waals surface area contributed by atoms with Gasteiger partial charge >= 0.3 is 24.4 Å². The average molecular weight is 2060 g/mol. The molecule has 27 nitrogen and oxygen atoms in total. The molecule has 4 aliphatic heterocycles. The van der Waals surface area contributed by atoms with Crippen LogP contribution in [0.25, 0.3) is 43.6 Å². The van der Waals surface area contributed by atoms with E-state index in [2.05, 4.69) is 46.7 Å². The number of carbonyl (C=O) groups is 4. The van der Waals surface area contributed by atoms with Gasteiger partial charge in [-0.1, -0.05) is 142 Å². The Kier molecular flexibility index (Phi) is 30.3. The molecule has 5 N–H and O–H groups in total. The Balaban J connectivity index is 0.000000123. The van der Waals surface area contributed by atoms with Gasteiger partial charge < -0.3 is 62.9 Å². The molecule has 10 heterocycles. The largest absolute Gasteiger partial charge is 0.508 e. The number of aromatic amines is 4. The number of ether oxygens (including phenoxy) is 8. The molecule has 0 saturated heterocycles. The van der Waals surface area contributed by atoms with Crippen LogP contribution in [-0.4, -0.2) is 152 Å². The predicted molar refractivity (Wildman–Crippen MR) is 557 cm³/mol. The van der Waals surface area contributed by atoms with Crippen LogP contribution in [0.5, 0.6) is 51.7 Å². The molecule has 0 bridgehead atoms. The number of aromatic nitrogens is 10. The molecule has 736 valence electrons. The van der Waals surface area contributed by atoms with Crippen LogP contribution in [0, 0.1) is 12.7 Å². The van der Waals surface area contributed by atoms with Crippen molar-refractivity contribution in [3.8, 4) is 51.7 Å². The highest BCUT2D eigenvalue weighted by atomic mass is 35.5. The number of methoxy groups -OCH3 is 1. The quantitative estimate of drug-likeness (QED) is 0.0311. The summed E-state index contributed by atoms with van der Waals surface area (Å²) < 4.78 is 63.2. The normalized spacial score (nSPS) is 15.0. The summed E-state index contributed by atoms with van der Waals surface area (Å²) in [5, 5.41) is 26.0. The third-order valence-electron chi connectivity index (χ3n) is 25.5. The van der Waals surface area contributed by atoms with E-state index in [1.54, 1.807) is 128 Å². The number of phenols is 1. The maximum absolute atomic E-state index is 13.6. The van der Waals surface area contributed by atoms with Crippen molar-refractivity contribution in [2.24, 2.45) is 0 Å². The van der Waals surface area contributed by atoms with Crippen molar-refractivity contribution in [3.63, 3.8) is 0 Å². The Morgan fingerprint density at radius 1 is 0.393 bits per heavy atom. The number of rotatable bonds is 22. The predicted octanol–water partition coefficient (Wildman–Crippen LogP) is 26.0. The summed E-state index contributed by atoms with van der Waals surface area (Å²) in [5.74, 6) is 4.05. The van der Waals surface area contributed by atoms with Gasteiger partial charge in [-0.2, -0.15) is 10.2 Å². The molecule has 18 aromatic rings. The molecule has 4 aliphatic rings. The molecule has 2 unspecified atom stereocenters. The van der Waals surface area contributed by atoms with Crippen LogP contribution < -0.4 is 37.9 Å². The Morgan fingerprint density at radius 2 is 0.745 bits per heavy atom. The van der Waals surface area contributed by atoms with E-state index in [0.29, 0.717) is 149 Å². The van der Waals surface area contributed by atoms with E-state index in [9.17, 15) is 28.7 Å². The van der Waals surface area contributed by atoms with E-state index >= 15 is 0 Å². The van der Waals surface area contributed by atoms with Crippen LogP contribution >= 0.6 is 69.6 Å². The summed E-state index contributed by atoms with van der Waals surface area (Å²) in [4.78, 5) is 82.4. The summed E-state index contributed by atoms with van der Waals surface area (Å²) >= 11 is 37.1. The first-order valence-corrected chi connectivity index (χ1v) is 49.1. The highest BCUT2D eigenvalue weighted by Crippen LogP contribution is 2.47. The topological polar surface area (TPSA) is 300 Å². The fourth-order valence-electron chi connectivity index (χ4n) is 18.8. The SMILES string of the molecule is C=CCOc1ccc([C@H]2c3[nH]c4ccc(Cl)cc4c3CCN2C(=O)Oc2ccc(Cl)cc2)cc1.COc1cc(C2c3[nH]c4ccc(Cl)cc4c3CCN2C(=O)Oc2ccc(C)cc2)ccc1OCCCn1cncn1.O=C(Oc1ccc(Cl)cc1)N1CCc2c([nH]c3ccc(Cl)cc23)[C@@H]1c1ccc(O)cc1.O=C(Oc1ccc(F)cc1)N1CCc2c([nH]c3ccc(Cl)cc23)C1c1cccc(OCCCn2cncn2)c1. The Hall–Kier alpha value is -15.4. The standard InChI is InChI=1S/C31H30ClN5O4.C29H25ClFN5O3.C27H22Cl2N2O3.C24H18Cl2N2O3/c1-20-4-8-23(9-5-20)41-31(38)37-14-12-24-25-17-22(32)7-10-26(25)35-29(24)30(37)21-6-11-27(28(16-21)39-2)40-15-3-13-36-19-33-18-34-36;30-20-5-10-26-25(16-20)24-11-13-36(29(37)39-22-8-6-21(31)7-9-22)28(27(24)34-26)19-3-1-4-23(15-19)38-14-2-12-35-18-32-17-33-35;1-2-15-33-20-8-3-17(4-9-20)26-25-22(23-16-19(29)7-12-24(23)30-25)13-14-31(26)27(32)34-21-10-5-18(28)6-11-21;25-15-3-8-18(9-4-15)31-24(30)28-12-11-19-20-13-16(26)5-10-21(20)27-22(19)23(28)14-1-6-17(29)7-2-14/h4-11,16-19,30,35H,3,12-15H2,1-2H3;1,3-10,15-18,28,34H,2,11-14H2;2-12,16,26,30H,1,13-15H2;1-10,13,23,27,29H,11-12H2/t;;26-;23-/m..00/s1. The molecule has 22 rings (SSSR count). The maximum atomic E-state index is 13.6. The lowest BCUT2D eigenvalue weighted by Crippen LogP contribution is -2.42. The highest BCUT2D eigenvalue weighted by Gasteiger charge is 2.42. The first-order chi connectivity index (χ1) is 70.6. The number of fused-ring (bicyclic) bond motifs is 12. The number of nitrogens with zero attached hydrogens (tertiary/aromatic N) is 10. The highest BCUT2D eigenvalue weighted by molar-refractivity contribution is 6.33. The minimum Gasteiger partial charge on any atom is -0.508 e. The second-order valence-corrected chi connectivity index (χ2v) is 37.4. The van der Waals surface area contributed by atoms with Gasteiger partial charge in [0, 0.05) is 149 Å². The number of carbonyl (C=O) groups excluding carboxylic acids is 4. The van der Waals surface area contributed by atoms with Gasteiger partial charge in [-0.15, -0.1) is 0 Å². The second kappa shape index (κ2) is 44.6. The number of benzene rings is 12. The zero-order valence-electron chi connectivity index (χ0n) is 78.3. The summed E-state index contributed by atoms with van der Waals surface area (Å²) in [6.45, 7) is 10.4. The summed E-state index contributed by atoms with van der Waals surface area (Å²) in [6.07, 6.45) is 10.4. The fraction of sp³-hybridized carbons (Fsp3) is 0.189. The summed E-state index contributed by atoms with van der Waals surface area (Å²) in [7, 11) is 1.61. The van der Waals surface area contributed by atoms with Crippen molar-refractivity contribution >= 4 is 138 Å². The zero-order valence-corrected chi connectivity index (χ0v) is 82.8. The third kappa shape index (κ3) is 22.6. The number of hydrogen-bond donors (Lipinski definition) is 5. The molecule has 6 aromatic heterocycles. The van der Waals surface area contributed by atoms with Crippen molar-refractivity contribution in [1.82, 2.24) is 69.1 Å². The number of halogens is 7. The molecule has 12 aromatic carbocycles. The Bertz CT molecular complexity index is 7690. The number of amides is 4. The molecule has 145 heavy (non-hydrogen) atoms. The van der Waals surface area contributed by atoms with Gasteiger partial charge in [0.2, 0.25) is 0 Å². The molecular formula is C111H95Cl6FN14O13. The summed E-state index contributed by atoms with van der Waals surface area (Å²) in [5.41, 5.74) is 16.8. The lowest BCUT2D eigenvalue weighted by molar-refractivity contribution is 0.134. The Morgan fingerprint density at radius 3 is 1.13 bits per heavy atom. The van der Waals surface area contributed by atoms with Gasteiger partial charge in [-0.3, -0.25) is 29.0 Å². The van der Waals surface area contributed by atoms with Crippen molar-refractivity contribution in [1.29, 1.82) is 0 Å². The van der Waals surface area contributed by atoms with Gasteiger partial charge in [0.1, 0.15) is 102 Å². The lowest BCUT2D eigenvalue weighted by atomic mass is 9.92. The van der Waals surface area contributed by atoms with Gasteiger partial charge in [0.25, 0.3) is 0 Å². The number of aromatic hydroxyl groups is 1. The molecule has 0 fully saturated rings. The monoisotopic (exact) mass is 2060 g/mol. The van der Waals surface area contributed by atoms with Gasteiger partial charge in [-0.05, 0) is 283 Å². The molecule has 4 atom stereocenters. The van der Waals surface area contributed by atoms with E-state index in [1.165, 1.54) is 36.9 Å². The van der Waals surface area contributed by atoms with Crippen molar-refractivity contribution in [2.45, 2.75) is 82.7 Å². The summed E-state index contributed by atoms with van der Waals surface area (Å²) in [6, 6.07) is 75.9. The van der Waals surface area contributed by atoms with Crippen LogP contribution in [0.3, 0.4) is 0 Å². The van der Waals surface area contributed by atoms with Crippen LogP contribution in [0.15, 0.2) is 299 Å². The second-order valence-electron chi connectivity index (χ2n) is 34.8. The zero-order chi connectivity index (χ0) is 100. The molecule has 4 amide bonds. The van der Waals surface area contributed by atoms with E-state index in [-0.39, 0.29) is 17.5 Å². The van der Waals surface area contributed by atoms with E-state index in [1.807, 2.05) is 171 Å². The minimum atomic E-state index is -0.520. The molecule has 0 radical (unpaired) electrons. The van der Waals surface area contributed by atoms with Gasteiger partial charge in [-0.25, -0.2) is 33.5 Å². The van der Waals surface area contributed by atoms with Crippen LogP contribution in [-0.2, 0) is 38.8 Å². The van der Waals surface area contributed by atoms with Crippen LogP contribution in [0.1, 0.15) is 110 Å². The van der Waals surface area contributed by atoms with Gasteiger partial charge in [0.05, 0.1) is 20.3 Å². The van der Waals surface area contributed by atoms with Gasteiger partial charge in [0.15, 0.2) is 11.5 Å². The molecule has 0 spiro atoms. The minimum absolute atomic E-state index is 0.165. The molecule has 0 aliphatic carbocycles. The third-order valence-corrected chi connectivity index (χ3v) is 27.0. The average Bonchev–Trinajstić information content (AvgIpc) is 1.62. The number of H-pyrrole nitrogens is 4. The molecule has 34 heteroatoms. The van der Waals surface area contributed by atoms with Crippen molar-refractivity contribution in [2.75, 3.05) is 53.1 Å². The van der Waals surface area contributed by atoms with E-state index in [4.69, 9.17) is 108 Å². The number of hydrogen-bond acceptors (Lipinski definition) is 17. The molecular weight excluding hydrogens is 1970 g/mol. The first-order valence-electron chi connectivity index (χ1n) is 46.9. The maximum Gasteiger partial charge on any atom is 0.416 e.